The van der Waals surface area contributed by atoms with Gasteiger partial charge in [-0.15, -0.1) is 0 Å². The third-order valence-electron chi connectivity index (χ3n) is 8.57. The fraction of sp³-hybridized carbons (Fsp3) is 0. The van der Waals surface area contributed by atoms with E-state index >= 15 is 0 Å². The zero-order valence-electron chi connectivity index (χ0n) is 23.8. The van der Waals surface area contributed by atoms with E-state index in [1.807, 2.05) is 18.2 Å². The van der Waals surface area contributed by atoms with E-state index in [-0.39, 0.29) is 0 Å². The average molecular weight is 563 g/mol. The quantitative estimate of drug-likeness (QED) is 0.214. The molecule has 0 fully saturated rings. The first-order valence-corrected chi connectivity index (χ1v) is 14.9. The molecule has 0 radical (unpaired) electrons. The van der Waals surface area contributed by atoms with Crippen LogP contribution in [0.2, 0.25) is 0 Å². The lowest BCUT2D eigenvalue weighted by atomic mass is 10.1. The van der Waals surface area contributed by atoms with Gasteiger partial charge < -0.3 is 9.13 Å². The van der Waals surface area contributed by atoms with E-state index in [4.69, 9.17) is 9.97 Å². The Morgan fingerprint density at radius 3 is 1.93 bits per heavy atom. The van der Waals surface area contributed by atoms with Crippen LogP contribution in [0.25, 0.3) is 77.6 Å². The Bertz CT molecular complexity index is 2470. The first-order valence-electron chi connectivity index (χ1n) is 14.9. The Kier molecular flexibility index (Phi) is 5.47. The smallest absolute Gasteiger partial charge is 0.160 e. The van der Waals surface area contributed by atoms with Gasteiger partial charge in [0.15, 0.2) is 5.82 Å². The normalized spacial score (nSPS) is 11.6. The summed E-state index contributed by atoms with van der Waals surface area (Å²) in [6.07, 6.45) is 2.17. The fourth-order valence-corrected chi connectivity index (χ4v) is 6.54. The molecule has 0 saturated carbocycles. The highest BCUT2D eigenvalue weighted by atomic mass is 15.0. The first kappa shape index (κ1) is 24.6. The molecule has 0 bridgehead atoms. The van der Waals surface area contributed by atoms with Crippen LogP contribution in [0.3, 0.4) is 0 Å². The van der Waals surface area contributed by atoms with Crippen molar-refractivity contribution in [3.8, 4) is 34.0 Å². The number of fused-ring (bicyclic) bond motifs is 6. The van der Waals surface area contributed by atoms with Crippen molar-refractivity contribution in [2.24, 2.45) is 0 Å². The van der Waals surface area contributed by atoms with Crippen molar-refractivity contribution in [1.82, 2.24) is 19.1 Å². The SMILES string of the molecule is c1ccc(-c2nc(-c3ccc(-n4c5ccccc5c5ccc6c(ccn6-c6ccccc6)c54)cc3)nc3ccccc23)cc1. The summed E-state index contributed by atoms with van der Waals surface area (Å²) >= 11 is 0. The molecule has 9 rings (SSSR count). The second-order valence-corrected chi connectivity index (χ2v) is 11.1. The molecule has 0 aliphatic heterocycles. The Morgan fingerprint density at radius 2 is 1.11 bits per heavy atom. The maximum Gasteiger partial charge on any atom is 0.160 e. The lowest BCUT2D eigenvalue weighted by Gasteiger charge is -2.12. The minimum atomic E-state index is 0.721. The molecule has 4 heteroatoms. The van der Waals surface area contributed by atoms with Crippen LogP contribution in [-0.4, -0.2) is 19.1 Å². The number of nitrogens with zero attached hydrogens (tertiary/aromatic N) is 4. The predicted octanol–water partition coefficient (Wildman–Crippen LogP) is 10.0. The van der Waals surface area contributed by atoms with Crippen molar-refractivity contribution in [3.05, 3.63) is 158 Å². The van der Waals surface area contributed by atoms with Crippen molar-refractivity contribution in [1.29, 1.82) is 0 Å². The third-order valence-corrected chi connectivity index (χ3v) is 8.57. The van der Waals surface area contributed by atoms with Gasteiger partial charge in [-0.2, -0.15) is 0 Å². The van der Waals surface area contributed by atoms with Crippen molar-refractivity contribution >= 4 is 43.6 Å². The second-order valence-electron chi connectivity index (χ2n) is 11.1. The minimum Gasteiger partial charge on any atom is -0.316 e. The topological polar surface area (TPSA) is 35.6 Å². The molecule has 9 aromatic rings. The van der Waals surface area contributed by atoms with Crippen LogP contribution in [0.4, 0.5) is 0 Å². The third kappa shape index (κ3) is 3.78. The van der Waals surface area contributed by atoms with Crippen LogP contribution in [0.15, 0.2) is 158 Å². The number of hydrogen-bond acceptors (Lipinski definition) is 2. The highest BCUT2D eigenvalue weighted by Gasteiger charge is 2.17. The first-order chi connectivity index (χ1) is 21.8. The maximum absolute atomic E-state index is 5.09. The van der Waals surface area contributed by atoms with E-state index in [1.165, 1.54) is 32.7 Å². The van der Waals surface area contributed by atoms with E-state index in [0.29, 0.717) is 0 Å². The van der Waals surface area contributed by atoms with Gasteiger partial charge in [-0.25, -0.2) is 9.97 Å². The van der Waals surface area contributed by atoms with Crippen LogP contribution in [-0.2, 0) is 0 Å². The molecule has 6 aromatic carbocycles. The maximum atomic E-state index is 5.09. The van der Waals surface area contributed by atoms with Crippen LogP contribution in [0, 0.1) is 0 Å². The number of benzene rings is 6. The summed E-state index contributed by atoms with van der Waals surface area (Å²) in [7, 11) is 0. The largest absolute Gasteiger partial charge is 0.316 e. The van der Waals surface area contributed by atoms with E-state index in [2.05, 4.69) is 149 Å². The summed E-state index contributed by atoms with van der Waals surface area (Å²) in [5, 5.41) is 4.76. The van der Waals surface area contributed by atoms with E-state index in [0.717, 1.165) is 44.9 Å². The van der Waals surface area contributed by atoms with Crippen molar-refractivity contribution in [3.63, 3.8) is 0 Å². The molecule has 0 unspecified atom stereocenters. The average Bonchev–Trinajstić information content (AvgIpc) is 3.68. The van der Waals surface area contributed by atoms with Crippen molar-refractivity contribution in [2.75, 3.05) is 0 Å². The summed E-state index contributed by atoms with van der Waals surface area (Å²) in [6.45, 7) is 0. The molecule has 4 nitrogen and oxygen atoms in total. The zero-order chi connectivity index (χ0) is 29.0. The summed E-state index contributed by atoms with van der Waals surface area (Å²) in [5.74, 6) is 0.721. The molecule has 0 spiro atoms. The van der Waals surface area contributed by atoms with Gasteiger partial charge in [0, 0.05) is 50.2 Å². The lowest BCUT2D eigenvalue weighted by Crippen LogP contribution is -1.97. The molecule has 3 aromatic heterocycles. The van der Waals surface area contributed by atoms with Gasteiger partial charge in [-0.3, -0.25) is 0 Å². The highest BCUT2D eigenvalue weighted by molar-refractivity contribution is 6.18. The van der Waals surface area contributed by atoms with Gasteiger partial charge in [0.2, 0.25) is 0 Å². The Balaban J connectivity index is 1.23. The van der Waals surface area contributed by atoms with E-state index in [1.54, 1.807) is 0 Å². The second kappa shape index (κ2) is 9.79. The lowest BCUT2D eigenvalue weighted by molar-refractivity contribution is 1.13. The molecule has 0 N–H and O–H groups in total. The van der Waals surface area contributed by atoms with Crippen LogP contribution in [0.1, 0.15) is 0 Å². The van der Waals surface area contributed by atoms with Gasteiger partial charge in [-0.05, 0) is 60.7 Å². The number of para-hydroxylation sites is 3. The van der Waals surface area contributed by atoms with Crippen LogP contribution in [0.5, 0.6) is 0 Å². The van der Waals surface area contributed by atoms with Gasteiger partial charge in [0.25, 0.3) is 0 Å². The Morgan fingerprint density at radius 1 is 0.409 bits per heavy atom. The van der Waals surface area contributed by atoms with Gasteiger partial charge in [-0.1, -0.05) is 91.0 Å². The molecule has 206 valence electrons. The summed E-state index contributed by atoms with van der Waals surface area (Å²) < 4.78 is 4.66. The standard InChI is InChI=1S/C40H26N4/c1-3-11-27(12-4-1)38-33-16-7-9-17-35(33)41-40(42-38)28-19-21-30(22-20-28)44-37-18-10-8-15-31(37)32-23-24-36-34(39(32)44)25-26-43(36)29-13-5-2-6-14-29/h1-26H. The molecule has 0 aliphatic rings. The van der Waals surface area contributed by atoms with E-state index in [9.17, 15) is 0 Å². The van der Waals surface area contributed by atoms with Crippen LogP contribution >= 0.6 is 0 Å². The van der Waals surface area contributed by atoms with Gasteiger partial charge in [0.1, 0.15) is 0 Å². The molecule has 3 heterocycles. The minimum absolute atomic E-state index is 0.721. The molecule has 44 heavy (non-hydrogen) atoms. The predicted molar refractivity (Wildman–Crippen MR) is 182 cm³/mol. The summed E-state index contributed by atoms with van der Waals surface area (Å²) in [4.78, 5) is 10.1. The molecule has 0 saturated heterocycles. The molecule has 0 amide bonds. The number of rotatable bonds is 4. The highest BCUT2D eigenvalue weighted by Crippen LogP contribution is 2.38. The molecular weight excluding hydrogens is 536 g/mol. The van der Waals surface area contributed by atoms with Gasteiger partial charge in [0.05, 0.1) is 27.8 Å². The van der Waals surface area contributed by atoms with Crippen molar-refractivity contribution in [2.45, 2.75) is 0 Å². The fourth-order valence-electron chi connectivity index (χ4n) is 6.54. The monoisotopic (exact) mass is 562 g/mol. The summed E-state index contributed by atoms with van der Waals surface area (Å²) in [5.41, 5.74) is 9.78. The Labute approximate surface area is 254 Å². The number of aromatic nitrogens is 4. The van der Waals surface area contributed by atoms with E-state index < -0.39 is 0 Å². The Hall–Kier alpha value is -6.00. The van der Waals surface area contributed by atoms with Crippen molar-refractivity contribution < 1.29 is 0 Å². The summed E-state index contributed by atoms with van der Waals surface area (Å²) in [6, 6.07) is 53.2. The molecule has 0 atom stereocenters. The number of hydrogen-bond donors (Lipinski definition) is 0. The molecule has 0 aliphatic carbocycles. The van der Waals surface area contributed by atoms with Crippen LogP contribution < -0.4 is 0 Å². The zero-order valence-corrected chi connectivity index (χ0v) is 23.8. The van der Waals surface area contributed by atoms with Gasteiger partial charge >= 0.3 is 0 Å². The molecular formula is C40H26N4.